The van der Waals surface area contributed by atoms with Gasteiger partial charge in [0, 0.05) is 18.9 Å². The number of Topliss-reactive ketones (excluding diaryl/α,β-unsaturated/α-hetero) is 1. The van der Waals surface area contributed by atoms with Crippen LogP contribution in [0.1, 0.15) is 63.0 Å². The van der Waals surface area contributed by atoms with Crippen molar-refractivity contribution in [1.29, 1.82) is 0 Å². The molecule has 29 heavy (non-hydrogen) atoms. The zero-order valence-corrected chi connectivity index (χ0v) is 18.1. The summed E-state index contributed by atoms with van der Waals surface area (Å²) in [6.07, 6.45) is 19.9. The fraction of sp³-hybridized carbons (Fsp3) is 0.462. The summed E-state index contributed by atoms with van der Waals surface area (Å²) in [6.45, 7) is 4.48. The van der Waals surface area contributed by atoms with Crippen molar-refractivity contribution in [2.24, 2.45) is 24.8 Å². The molecule has 3 nitrogen and oxygen atoms in total. The van der Waals surface area contributed by atoms with Crippen LogP contribution < -0.4 is 0 Å². The molecule has 0 bridgehead atoms. The van der Waals surface area contributed by atoms with Gasteiger partial charge in [-0.3, -0.25) is 4.79 Å². The number of fused-ring (bicyclic) bond motifs is 1. The molecule has 0 N–H and O–H groups in total. The zero-order valence-electron chi connectivity index (χ0n) is 18.1. The van der Waals surface area contributed by atoms with Crippen LogP contribution in [0, 0.1) is 17.8 Å². The fourth-order valence-corrected chi connectivity index (χ4v) is 4.39. The van der Waals surface area contributed by atoms with Crippen LogP contribution in [0.4, 0.5) is 0 Å². The quantitative estimate of drug-likeness (QED) is 0.335. The molecule has 154 valence electrons. The molecule has 0 radical (unpaired) electrons. The molecule has 0 fully saturated rings. The lowest BCUT2D eigenvalue weighted by Gasteiger charge is -2.27. The van der Waals surface area contributed by atoms with Crippen molar-refractivity contribution in [3.8, 4) is 0 Å². The number of para-hydroxylation sites is 2. The van der Waals surface area contributed by atoms with Gasteiger partial charge in [-0.1, -0.05) is 94.5 Å². The molecule has 0 amide bonds. The Morgan fingerprint density at radius 3 is 2.41 bits per heavy atom. The minimum Gasteiger partial charge on any atom is -0.325 e. The number of carbonyl (C=O) groups is 1. The fourth-order valence-electron chi connectivity index (χ4n) is 4.39. The maximum Gasteiger partial charge on any atom is 0.202 e. The van der Waals surface area contributed by atoms with E-state index in [0.717, 1.165) is 17.5 Å². The molecule has 1 aliphatic rings. The smallest absolute Gasteiger partial charge is 0.202 e. The Bertz CT molecular complexity index is 887. The molecule has 1 aliphatic carbocycles. The summed E-state index contributed by atoms with van der Waals surface area (Å²) < 4.78 is 1.96. The largest absolute Gasteiger partial charge is 0.325 e. The monoisotopic (exact) mass is 390 g/mol. The van der Waals surface area contributed by atoms with Gasteiger partial charge in [-0.25, -0.2) is 4.98 Å². The van der Waals surface area contributed by atoms with Gasteiger partial charge >= 0.3 is 0 Å². The lowest BCUT2D eigenvalue weighted by molar-refractivity contribution is 0.0833. The topological polar surface area (TPSA) is 34.9 Å². The summed E-state index contributed by atoms with van der Waals surface area (Å²) in [6, 6.07) is 7.98. The standard InChI is InChI=1S/C26H34N2O/c1-4-5-6-7-10-15-20(2)24(21-16-11-8-9-12-17-21)25(29)26-27-22-18-13-14-19-23(22)28(26)3/h8-9,11-14,16-21,24H,4-7,10,15H2,1-3H3/t20-,24?/m1/s1. The minimum atomic E-state index is -0.0934. The van der Waals surface area contributed by atoms with Gasteiger partial charge in [-0.05, 0) is 24.5 Å². The molecule has 3 heteroatoms. The third kappa shape index (κ3) is 5.14. The van der Waals surface area contributed by atoms with Gasteiger partial charge in [0.2, 0.25) is 5.78 Å². The first-order valence-electron chi connectivity index (χ1n) is 11.1. The molecule has 1 heterocycles. The van der Waals surface area contributed by atoms with E-state index in [9.17, 15) is 4.79 Å². The lowest BCUT2D eigenvalue weighted by Crippen LogP contribution is -2.30. The third-order valence-electron chi connectivity index (χ3n) is 6.10. The second-order valence-corrected chi connectivity index (χ2v) is 8.29. The average Bonchev–Trinajstić information content (AvgIpc) is 2.89. The molecule has 0 aliphatic heterocycles. The number of aryl methyl sites for hydroxylation is 1. The van der Waals surface area contributed by atoms with E-state index in [1.54, 1.807) is 0 Å². The van der Waals surface area contributed by atoms with Crippen LogP contribution in [-0.2, 0) is 7.05 Å². The second-order valence-electron chi connectivity index (χ2n) is 8.29. The van der Waals surface area contributed by atoms with Crippen LogP contribution >= 0.6 is 0 Å². The first-order chi connectivity index (χ1) is 14.1. The summed E-state index contributed by atoms with van der Waals surface area (Å²) in [5.41, 5.74) is 1.90. The number of benzene rings is 1. The SMILES string of the molecule is CCCCCCC[C@@H](C)C(C(=O)c1nc2ccccc2n1C)C1C=CC=CC=C1. The van der Waals surface area contributed by atoms with Crippen LogP contribution in [-0.4, -0.2) is 15.3 Å². The molecule has 1 unspecified atom stereocenters. The Labute approximate surface area is 175 Å². The van der Waals surface area contributed by atoms with Crippen molar-refractivity contribution in [2.45, 2.75) is 52.4 Å². The van der Waals surface area contributed by atoms with E-state index < -0.39 is 0 Å². The summed E-state index contributed by atoms with van der Waals surface area (Å²) in [7, 11) is 1.95. The molecular formula is C26H34N2O. The molecule has 2 atom stereocenters. The average molecular weight is 391 g/mol. The van der Waals surface area contributed by atoms with E-state index in [0.29, 0.717) is 11.7 Å². The summed E-state index contributed by atoms with van der Waals surface area (Å²) >= 11 is 0. The van der Waals surface area contributed by atoms with Crippen molar-refractivity contribution in [3.05, 3.63) is 66.5 Å². The van der Waals surface area contributed by atoms with Crippen LogP contribution in [0.15, 0.2) is 60.7 Å². The molecule has 1 aromatic carbocycles. The number of ketones is 1. The van der Waals surface area contributed by atoms with Crippen molar-refractivity contribution in [3.63, 3.8) is 0 Å². The summed E-state index contributed by atoms with van der Waals surface area (Å²) in [4.78, 5) is 18.5. The number of allylic oxidation sites excluding steroid dienone is 6. The predicted octanol–water partition coefficient (Wildman–Crippen LogP) is 6.67. The molecule has 2 aromatic rings. The van der Waals surface area contributed by atoms with Gasteiger partial charge in [0.1, 0.15) is 0 Å². The Morgan fingerprint density at radius 2 is 1.72 bits per heavy atom. The third-order valence-corrected chi connectivity index (χ3v) is 6.10. The van der Waals surface area contributed by atoms with Crippen LogP contribution in [0.3, 0.4) is 0 Å². The molecule has 1 aromatic heterocycles. The van der Waals surface area contributed by atoms with Crippen molar-refractivity contribution in [1.82, 2.24) is 9.55 Å². The van der Waals surface area contributed by atoms with E-state index in [-0.39, 0.29) is 17.6 Å². The summed E-state index contributed by atoms with van der Waals surface area (Å²) in [5, 5.41) is 0. The molecule has 0 spiro atoms. The predicted molar refractivity (Wildman–Crippen MR) is 122 cm³/mol. The number of unbranched alkanes of at least 4 members (excludes halogenated alkanes) is 4. The highest BCUT2D eigenvalue weighted by molar-refractivity contribution is 5.98. The van der Waals surface area contributed by atoms with Gasteiger partial charge in [-0.15, -0.1) is 0 Å². The van der Waals surface area contributed by atoms with E-state index in [1.165, 1.54) is 32.1 Å². The first-order valence-corrected chi connectivity index (χ1v) is 11.1. The minimum absolute atomic E-state index is 0.0934. The lowest BCUT2D eigenvalue weighted by atomic mass is 9.76. The number of hydrogen-bond donors (Lipinski definition) is 0. The number of rotatable bonds is 10. The normalized spacial score (nSPS) is 16.2. The maximum atomic E-state index is 13.8. The second kappa shape index (κ2) is 10.4. The van der Waals surface area contributed by atoms with Gasteiger partial charge < -0.3 is 4.57 Å². The first kappa shape index (κ1) is 21.3. The number of carbonyl (C=O) groups excluding carboxylic acids is 1. The van der Waals surface area contributed by atoms with Crippen molar-refractivity contribution in [2.75, 3.05) is 0 Å². The van der Waals surface area contributed by atoms with Gasteiger partial charge in [0.05, 0.1) is 11.0 Å². The number of hydrogen-bond acceptors (Lipinski definition) is 2. The van der Waals surface area contributed by atoms with Crippen LogP contribution in [0.5, 0.6) is 0 Å². The molecule has 0 saturated carbocycles. The van der Waals surface area contributed by atoms with Crippen LogP contribution in [0.25, 0.3) is 11.0 Å². The van der Waals surface area contributed by atoms with Gasteiger partial charge in [-0.2, -0.15) is 0 Å². The Kier molecular flexibility index (Phi) is 7.62. The van der Waals surface area contributed by atoms with E-state index in [2.05, 4.69) is 38.2 Å². The Hall–Kier alpha value is -2.42. The number of aromatic nitrogens is 2. The van der Waals surface area contributed by atoms with E-state index in [4.69, 9.17) is 4.98 Å². The maximum absolute atomic E-state index is 13.8. The highest BCUT2D eigenvalue weighted by Gasteiger charge is 2.33. The van der Waals surface area contributed by atoms with Gasteiger partial charge in [0.15, 0.2) is 5.82 Å². The van der Waals surface area contributed by atoms with Crippen molar-refractivity contribution < 1.29 is 4.79 Å². The van der Waals surface area contributed by atoms with Crippen LogP contribution in [0.2, 0.25) is 0 Å². The number of imidazole rings is 1. The van der Waals surface area contributed by atoms with E-state index >= 15 is 0 Å². The Morgan fingerprint density at radius 1 is 1.03 bits per heavy atom. The van der Waals surface area contributed by atoms with E-state index in [1.807, 2.05) is 48.0 Å². The highest BCUT2D eigenvalue weighted by Crippen LogP contribution is 2.32. The zero-order chi connectivity index (χ0) is 20.6. The summed E-state index contributed by atoms with van der Waals surface area (Å²) in [5.74, 6) is 1.05. The molecule has 3 rings (SSSR count). The van der Waals surface area contributed by atoms with Gasteiger partial charge in [0.25, 0.3) is 0 Å². The number of nitrogens with zero attached hydrogens (tertiary/aromatic N) is 2. The Balaban J connectivity index is 1.85. The highest BCUT2D eigenvalue weighted by atomic mass is 16.1. The molecule has 0 saturated heterocycles. The molecular weight excluding hydrogens is 356 g/mol. The van der Waals surface area contributed by atoms with Crippen molar-refractivity contribution >= 4 is 16.8 Å².